The van der Waals surface area contributed by atoms with Crippen LogP contribution in [0.4, 0.5) is 16.0 Å². The molecule has 0 radical (unpaired) electrons. The number of hydrogen-bond donors (Lipinski definition) is 2. The molecule has 5 aliphatic rings. The zero-order valence-corrected chi connectivity index (χ0v) is 33.5. The first-order valence-corrected chi connectivity index (χ1v) is 20.7. The van der Waals surface area contributed by atoms with Gasteiger partial charge in [-0.05, 0) is 108 Å². The number of carbonyl (C=O) groups excluding carboxylic acids is 3. The molecule has 0 spiro atoms. The highest BCUT2D eigenvalue weighted by Gasteiger charge is 2.41. The summed E-state index contributed by atoms with van der Waals surface area (Å²) in [4.78, 5) is 61.7. The van der Waals surface area contributed by atoms with E-state index in [0.717, 1.165) is 92.4 Å². The van der Waals surface area contributed by atoms with E-state index in [1.165, 1.54) is 10.9 Å². The summed E-state index contributed by atoms with van der Waals surface area (Å²) < 4.78 is 15.2. The molecule has 0 saturated carbocycles. The van der Waals surface area contributed by atoms with E-state index >= 15 is 4.39 Å². The lowest BCUT2D eigenvalue weighted by Crippen LogP contribution is -2.58. The molecule has 0 bridgehead atoms. The SMILES string of the molecule is C[C@@H]1Cc2c([nH]c3ccccc23)[C@@H](c2cnc(N3CCC(CCN(C)C4CN(c5ccc6c(c5)CN(C5CCC(=O)NC5=O)C6=O)C4)CC3)nc2)N1CC(C)(C)F. The first-order chi connectivity index (χ1) is 27.4. The zero-order valence-electron chi connectivity index (χ0n) is 33.5. The third kappa shape index (κ3) is 7.28. The van der Waals surface area contributed by atoms with Crippen molar-refractivity contribution in [1.29, 1.82) is 0 Å². The summed E-state index contributed by atoms with van der Waals surface area (Å²) >= 11 is 0. The van der Waals surface area contributed by atoms with E-state index in [2.05, 4.69) is 74.2 Å². The minimum absolute atomic E-state index is 0.135. The quantitative estimate of drug-likeness (QED) is 0.209. The molecule has 300 valence electrons. The number of hydrogen-bond acceptors (Lipinski definition) is 9. The van der Waals surface area contributed by atoms with Gasteiger partial charge in [-0.15, -0.1) is 0 Å². The number of H-pyrrole nitrogens is 1. The number of nitrogens with one attached hydrogen (secondary N) is 2. The summed E-state index contributed by atoms with van der Waals surface area (Å²) in [6, 6.07) is 14.3. The van der Waals surface area contributed by atoms with Crippen LogP contribution in [-0.4, -0.2) is 117 Å². The lowest BCUT2D eigenvalue weighted by molar-refractivity contribution is -0.136. The highest BCUT2D eigenvalue weighted by atomic mass is 19.1. The third-order valence-corrected chi connectivity index (χ3v) is 13.2. The Kier molecular flexibility index (Phi) is 9.79. The van der Waals surface area contributed by atoms with Gasteiger partial charge in [0.15, 0.2) is 0 Å². The van der Waals surface area contributed by atoms with Crippen molar-refractivity contribution in [2.75, 3.05) is 56.1 Å². The van der Waals surface area contributed by atoms with Gasteiger partial charge in [-0.25, -0.2) is 14.4 Å². The Hall–Kier alpha value is -4.88. The maximum atomic E-state index is 15.2. The van der Waals surface area contributed by atoms with Gasteiger partial charge in [0.1, 0.15) is 11.7 Å². The number of imide groups is 1. The second-order valence-corrected chi connectivity index (χ2v) is 17.7. The van der Waals surface area contributed by atoms with Gasteiger partial charge in [-0.1, -0.05) is 18.2 Å². The predicted octanol–water partition coefficient (Wildman–Crippen LogP) is 5.23. The zero-order chi connectivity index (χ0) is 39.6. The molecular formula is C44H54FN9O3. The Bertz CT molecular complexity index is 2170. The minimum atomic E-state index is -1.34. The number of para-hydroxylation sites is 1. The first-order valence-electron chi connectivity index (χ1n) is 20.7. The van der Waals surface area contributed by atoms with Crippen molar-refractivity contribution < 1.29 is 18.8 Å². The van der Waals surface area contributed by atoms with Gasteiger partial charge in [0.2, 0.25) is 17.8 Å². The average molecular weight is 776 g/mol. The lowest BCUT2D eigenvalue weighted by atomic mass is 9.88. The van der Waals surface area contributed by atoms with Crippen LogP contribution in [0, 0.1) is 5.92 Å². The fraction of sp³-hybridized carbons (Fsp3) is 0.523. The molecule has 3 fully saturated rings. The number of amides is 3. The fourth-order valence-electron chi connectivity index (χ4n) is 9.88. The van der Waals surface area contributed by atoms with Crippen LogP contribution in [0.5, 0.6) is 0 Å². The van der Waals surface area contributed by atoms with Gasteiger partial charge in [-0.2, -0.15) is 0 Å². The van der Waals surface area contributed by atoms with Crippen LogP contribution >= 0.6 is 0 Å². The van der Waals surface area contributed by atoms with Crippen LogP contribution in [0.25, 0.3) is 10.9 Å². The number of likely N-dealkylation sites (N-methyl/N-ethyl adjacent to an activating group) is 1. The summed E-state index contributed by atoms with van der Waals surface area (Å²) in [7, 11) is 2.23. The molecule has 4 aromatic rings. The van der Waals surface area contributed by atoms with Crippen LogP contribution in [-0.2, 0) is 22.6 Å². The van der Waals surface area contributed by atoms with Crippen LogP contribution in [0.2, 0.25) is 0 Å². The number of alkyl halides is 1. The van der Waals surface area contributed by atoms with Crippen molar-refractivity contribution in [3.05, 3.63) is 82.8 Å². The molecule has 0 aliphatic carbocycles. The van der Waals surface area contributed by atoms with Gasteiger partial charge in [0.25, 0.3) is 5.91 Å². The number of carbonyl (C=O) groups is 3. The van der Waals surface area contributed by atoms with Gasteiger partial charge >= 0.3 is 0 Å². The van der Waals surface area contributed by atoms with Crippen molar-refractivity contribution in [1.82, 2.24) is 35.0 Å². The molecule has 5 aliphatic heterocycles. The molecular weight excluding hydrogens is 722 g/mol. The maximum absolute atomic E-state index is 15.2. The van der Waals surface area contributed by atoms with Crippen molar-refractivity contribution in [2.45, 2.75) is 95.7 Å². The van der Waals surface area contributed by atoms with E-state index in [1.54, 1.807) is 18.7 Å². The van der Waals surface area contributed by atoms with Crippen molar-refractivity contribution in [2.24, 2.45) is 5.92 Å². The molecule has 3 atom stereocenters. The fourth-order valence-corrected chi connectivity index (χ4v) is 9.88. The topological polar surface area (TPSA) is 121 Å². The Morgan fingerprint density at radius 1 is 0.982 bits per heavy atom. The minimum Gasteiger partial charge on any atom is -0.368 e. The second-order valence-electron chi connectivity index (χ2n) is 17.7. The number of piperidine rings is 2. The Labute approximate surface area is 333 Å². The van der Waals surface area contributed by atoms with Crippen molar-refractivity contribution in [3.8, 4) is 0 Å². The van der Waals surface area contributed by atoms with E-state index < -0.39 is 11.7 Å². The molecule has 2 aromatic heterocycles. The summed E-state index contributed by atoms with van der Waals surface area (Å²) in [5.74, 6) is 0.631. The van der Waals surface area contributed by atoms with Crippen LogP contribution in [0.1, 0.15) is 91.7 Å². The summed E-state index contributed by atoms with van der Waals surface area (Å²) in [6.07, 6.45) is 8.78. The number of aromatic nitrogens is 3. The average Bonchev–Trinajstić information content (AvgIpc) is 3.70. The van der Waals surface area contributed by atoms with Gasteiger partial charge in [0, 0.05) is 104 Å². The lowest BCUT2D eigenvalue weighted by Gasteiger charge is -2.46. The molecule has 7 heterocycles. The smallest absolute Gasteiger partial charge is 0.255 e. The molecule has 2 aromatic carbocycles. The summed E-state index contributed by atoms with van der Waals surface area (Å²) in [6.45, 7) is 11.0. The predicted molar refractivity (Wildman–Crippen MR) is 218 cm³/mol. The largest absolute Gasteiger partial charge is 0.368 e. The third-order valence-electron chi connectivity index (χ3n) is 13.2. The van der Waals surface area contributed by atoms with E-state index in [1.807, 2.05) is 24.5 Å². The Morgan fingerprint density at radius 3 is 2.47 bits per heavy atom. The first kappa shape index (κ1) is 37.7. The molecule has 57 heavy (non-hydrogen) atoms. The monoisotopic (exact) mass is 775 g/mol. The molecule has 3 saturated heterocycles. The number of halogens is 1. The Balaban J connectivity index is 0.766. The normalized spacial score (nSPS) is 23.6. The molecule has 3 amide bonds. The number of aromatic amines is 1. The van der Waals surface area contributed by atoms with Crippen LogP contribution < -0.4 is 15.1 Å². The number of anilines is 2. The molecule has 9 rings (SSSR count). The van der Waals surface area contributed by atoms with Crippen molar-refractivity contribution in [3.63, 3.8) is 0 Å². The second kappa shape index (κ2) is 14.8. The maximum Gasteiger partial charge on any atom is 0.255 e. The number of benzene rings is 2. The van der Waals surface area contributed by atoms with Gasteiger partial charge < -0.3 is 19.7 Å². The van der Waals surface area contributed by atoms with Gasteiger partial charge in [-0.3, -0.25) is 29.5 Å². The summed E-state index contributed by atoms with van der Waals surface area (Å²) in [5, 5.41) is 3.62. The highest BCUT2D eigenvalue weighted by Crippen LogP contribution is 2.42. The Morgan fingerprint density at radius 2 is 1.74 bits per heavy atom. The number of fused-ring (bicyclic) bond motifs is 4. The summed E-state index contributed by atoms with van der Waals surface area (Å²) in [5.41, 5.74) is 5.88. The molecule has 12 nitrogen and oxygen atoms in total. The van der Waals surface area contributed by atoms with Crippen LogP contribution in [0.3, 0.4) is 0 Å². The molecule has 13 heteroatoms. The highest BCUT2D eigenvalue weighted by molar-refractivity contribution is 6.05. The van der Waals surface area contributed by atoms with E-state index in [-0.39, 0.29) is 36.2 Å². The van der Waals surface area contributed by atoms with Crippen LogP contribution in [0.15, 0.2) is 54.9 Å². The van der Waals surface area contributed by atoms with E-state index in [4.69, 9.17) is 9.97 Å². The van der Waals surface area contributed by atoms with Crippen molar-refractivity contribution >= 4 is 40.3 Å². The molecule has 2 N–H and O–H groups in total. The van der Waals surface area contributed by atoms with E-state index in [0.29, 0.717) is 37.0 Å². The molecule has 1 unspecified atom stereocenters. The number of rotatable bonds is 10. The van der Waals surface area contributed by atoms with Gasteiger partial charge in [0.05, 0.1) is 6.04 Å². The standard InChI is InChI=1S/C44H54FN9O3/c1-27-19-35-34-7-5-6-8-36(34)48-39(35)40(54(27)26-44(2,3)45)30-21-46-43(47-22-30)51-17-14-28(15-18-51)13-16-50(4)32-24-52(25-32)31-9-10-33-29(20-31)23-53(42(33)57)37-11-12-38(55)49-41(37)56/h5-10,20-22,27-28,32,37,40,48H,11-19,23-26H2,1-4H3,(H,49,55,56)/t27-,37?,40-/m1/s1. The number of nitrogens with zero attached hydrogens (tertiary/aromatic N) is 7. The van der Waals surface area contributed by atoms with E-state index in [9.17, 15) is 14.4 Å².